The second kappa shape index (κ2) is 8.47. The number of methoxy groups -OCH3 is 1. The third kappa shape index (κ3) is 3.79. The molecule has 4 rings (SSSR count). The van der Waals surface area contributed by atoms with Crippen molar-refractivity contribution < 1.29 is 24.1 Å². The molecule has 0 fully saturated rings. The Balaban J connectivity index is 1.81. The van der Waals surface area contributed by atoms with Gasteiger partial charge in [-0.3, -0.25) is 9.78 Å². The van der Waals surface area contributed by atoms with E-state index in [1.807, 2.05) is 0 Å². The molecule has 1 aliphatic rings. The molecule has 156 valence electrons. The molecule has 1 aromatic carbocycles. The van der Waals surface area contributed by atoms with Gasteiger partial charge in [-0.15, -0.1) is 11.3 Å². The molecule has 0 saturated carbocycles. The standard InChI is InChI=1S/C20H17ClN2O6S/c1-27-3-2-4-28-17-7-16-11(5-13(17)21)14-6-15(24)12(20(25)26)9-23(14)19(29-16)18-8-22-10-30-18/h5-10,19H,2-4H2,1H3,(H,25,26). The summed E-state index contributed by atoms with van der Waals surface area (Å²) < 4.78 is 18.5. The second-order valence-corrected chi connectivity index (χ2v) is 7.82. The fourth-order valence-corrected chi connectivity index (χ4v) is 4.03. The minimum Gasteiger partial charge on any atom is -0.492 e. The quantitative estimate of drug-likeness (QED) is 0.550. The summed E-state index contributed by atoms with van der Waals surface area (Å²) in [5, 5.41) is 9.72. The lowest BCUT2D eigenvalue weighted by atomic mass is 10.1. The maximum atomic E-state index is 12.4. The zero-order chi connectivity index (χ0) is 21.3. The normalized spacial score (nSPS) is 14.5. The number of pyridine rings is 1. The van der Waals surface area contributed by atoms with Crippen molar-refractivity contribution in [1.82, 2.24) is 9.55 Å². The number of carbonyl (C=O) groups is 1. The van der Waals surface area contributed by atoms with Crippen LogP contribution in [0, 0.1) is 0 Å². The molecule has 2 aromatic heterocycles. The molecule has 1 unspecified atom stereocenters. The lowest BCUT2D eigenvalue weighted by Crippen LogP contribution is -2.27. The Hall–Kier alpha value is -2.88. The summed E-state index contributed by atoms with van der Waals surface area (Å²) in [4.78, 5) is 28.7. The number of thiazole rings is 1. The molecule has 8 nitrogen and oxygen atoms in total. The van der Waals surface area contributed by atoms with E-state index in [9.17, 15) is 14.7 Å². The summed E-state index contributed by atoms with van der Waals surface area (Å²) in [7, 11) is 1.62. The van der Waals surface area contributed by atoms with Crippen LogP contribution >= 0.6 is 22.9 Å². The largest absolute Gasteiger partial charge is 0.492 e. The molecule has 10 heteroatoms. The first-order valence-corrected chi connectivity index (χ1v) is 10.3. The van der Waals surface area contributed by atoms with Gasteiger partial charge in [-0.1, -0.05) is 11.6 Å². The summed E-state index contributed by atoms with van der Waals surface area (Å²) in [6.45, 7) is 0.983. The smallest absolute Gasteiger partial charge is 0.341 e. The highest BCUT2D eigenvalue weighted by Gasteiger charge is 2.30. The lowest BCUT2D eigenvalue weighted by Gasteiger charge is -2.31. The van der Waals surface area contributed by atoms with Gasteiger partial charge in [0.05, 0.1) is 27.7 Å². The summed E-state index contributed by atoms with van der Waals surface area (Å²) in [6, 6.07) is 4.61. The minimum absolute atomic E-state index is 0.343. The molecule has 0 aliphatic carbocycles. The molecule has 1 N–H and O–H groups in total. The van der Waals surface area contributed by atoms with Gasteiger partial charge < -0.3 is 23.9 Å². The van der Waals surface area contributed by atoms with Gasteiger partial charge in [-0.2, -0.15) is 0 Å². The molecule has 0 amide bonds. The number of aromatic carboxylic acids is 1. The molecule has 0 radical (unpaired) electrons. The van der Waals surface area contributed by atoms with Crippen molar-refractivity contribution in [3.63, 3.8) is 0 Å². The number of carboxylic acid groups (broad SMARTS) is 1. The van der Waals surface area contributed by atoms with Gasteiger partial charge in [0.25, 0.3) is 0 Å². The predicted octanol–water partition coefficient (Wildman–Crippen LogP) is 3.68. The van der Waals surface area contributed by atoms with Crippen LogP contribution in [0.1, 0.15) is 27.9 Å². The molecule has 3 aromatic rings. The van der Waals surface area contributed by atoms with Crippen LogP contribution in [-0.4, -0.2) is 41.0 Å². The van der Waals surface area contributed by atoms with E-state index in [1.54, 1.807) is 35.5 Å². The van der Waals surface area contributed by atoms with Gasteiger partial charge in [0.2, 0.25) is 6.23 Å². The Morgan fingerprint density at radius 2 is 2.20 bits per heavy atom. The van der Waals surface area contributed by atoms with Crippen LogP contribution in [-0.2, 0) is 4.74 Å². The van der Waals surface area contributed by atoms with Crippen LogP contribution in [0.25, 0.3) is 11.3 Å². The first-order valence-electron chi connectivity index (χ1n) is 8.99. The number of fused-ring (bicyclic) bond motifs is 3. The average Bonchev–Trinajstić information content (AvgIpc) is 3.25. The third-order valence-corrected chi connectivity index (χ3v) is 5.66. The number of halogens is 1. The summed E-state index contributed by atoms with van der Waals surface area (Å²) in [5.41, 5.74) is 1.78. The molecular formula is C20H17ClN2O6S. The predicted molar refractivity (Wildman–Crippen MR) is 111 cm³/mol. The van der Waals surface area contributed by atoms with E-state index in [4.69, 9.17) is 25.8 Å². The molecule has 0 bridgehead atoms. The lowest BCUT2D eigenvalue weighted by molar-refractivity contribution is 0.0693. The zero-order valence-electron chi connectivity index (χ0n) is 15.8. The van der Waals surface area contributed by atoms with Crippen LogP contribution in [0.15, 0.2) is 40.9 Å². The number of hydrogen-bond donors (Lipinski definition) is 1. The molecule has 3 heterocycles. The van der Waals surface area contributed by atoms with Crippen LogP contribution in [0.5, 0.6) is 11.5 Å². The molecule has 1 atom stereocenters. The number of hydrogen-bond acceptors (Lipinski definition) is 7. The Morgan fingerprint density at radius 3 is 2.90 bits per heavy atom. The van der Waals surface area contributed by atoms with E-state index in [1.165, 1.54) is 23.6 Å². The highest BCUT2D eigenvalue weighted by atomic mass is 35.5. The van der Waals surface area contributed by atoms with Gasteiger partial charge >= 0.3 is 5.97 Å². The van der Waals surface area contributed by atoms with Crippen LogP contribution in [0.2, 0.25) is 5.02 Å². The van der Waals surface area contributed by atoms with E-state index in [0.717, 1.165) is 4.88 Å². The van der Waals surface area contributed by atoms with Crippen LogP contribution in [0.3, 0.4) is 0 Å². The van der Waals surface area contributed by atoms with Crippen molar-refractivity contribution >= 4 is 28.9 Å². The first-order chi connectivity index (χ1) is 14.5. The van der Waals surface area contributed by atoms with Crippen LogP contribution in [0.4, 0.5) is 0 Å². The molecular weight excluding hydrogens is 432 g/mol. The Kier molecular flexibility index (Phi) is 5.76. The highest BCUT2D eigenvalue weighted by Crippen LogP contribution is 2.45. The number of aromatic nitrogens is 2. The number of rotatable bonds is 7. The fraction of sp³-hybridized carbons (Fsp3) is 0.250. The van der Waals surface area contributed by atoms with Crippen molar-refractivity contribution in [1.29, 1.82) is 0 Å². The summed E-state index contributed by atoms with van der Waals surface area (Å²) in [6.07, 6.45) is 2.95. The maximum absolute atomic E-state index is 12.4. The topological polar surface area (TPSA) is 99.9 Å². The number of carboxylic acids is 1. The van der Waals surface area contributed by atoms with E-state index >= 15 is 0 Å². The van der Waals surface area contributed by atoms with Gasteiger partial charge in [0, 0.05) is 50.2 Å². The number of ether oxygens (including phenoxy) is 3. The molecule has 0 saturated heterocycles. The van der Waals surface area contributed by atoms with Crippen LogP contribution < -0.4 is 14.9 Å². The fourth-order valence-electron chi connectivity index (χ4n) is 3.17. The Bertz CT molecular complexity index is 1140. The molecule has 0 spiro atoms. The van der Waals surface area contributed by atoms with Gasteiger partial charge in [-0.05, 0) is 6.07 Å². The molecule has 30 heavy (non-hydrogen) atoms. The van der Waals surface area contributed by atoms with E-state index in [0.29, 0.717) is 47.4 Å². The average molecular weight is 449 g/mol. The van der Waals surface area contributed by atoms with Crippen molar-refractivity contribution in [3.8, 4) is 22.8 Å². The Morgan fingerprint density at radius 1 is 1.37 bits per heavy atom. The minimum atomic E-state index is -1.30. The highest BCUT2D eigenvalue weighted by molar-refractivity contribution is 7.09. The zero-order valence-corrected chi connectivity index (χ0v) is 17.4. The van der Waals surface area contributed by atoms with E-state index in [-0.39, 0.29) is 5.56 Å². The monoisotopic (exact) mass is 448 g/mol. The second-order valence-electron chi connectivity index (χ2n) is 6.50. The van der Waals surface area contributed by atoms with E-state index < -0.39 is 17.6 Å². The summed E-state index contributed by atoms with van der Waals surface area (Å²) >= 11 is 7.76. The first kappa shape index (κ1) is 20.4. The van der Waals surface area contributed by atoms with Gasteiger partial charge in [0.1, 0.15) is 17.1 Å². The maximum Gasteiger partial charge on any atom is 0.341 e. The Labute approximate surface area is 180 Å². The molecule has 1 aliphatic heterocycles. The van der Waals surface area contributed by atoms with Crippen molar-refractivity contribution in [2.75, 3.05) is 20.3 Å². The van der Waals surface area contributed by atoms with Crippen molar-refractivity contribution in [2.45, 2.75) is 12.6 Å². The summed E-state index contributed by atoms with van der Waals surface area (Å²) in [5.74, 6) is -0.378. The number of benzene rings is 1. The van der Waals surface area contributed by atoms with Gasteiger partial charge in [-0.25, -0.2) is 4.79 Å². The van der Waals surface area contributed by atoms with Crippen molar-refractivity contribution in [2.24, 2.45) is 0 Å². The third-order valence-electron chi connectivity index (χ3n) is 4.56. The SMILES string of the molecule is COCCCOc1cc2c(cc1Cl)-c1cc(=O)c(C(=O)O)cn1C(c1cncs1)O2. The number of nitrogens with zero attached hydrogens (tertiary/aromatic N) is 2. The van der Waals surface area contributed by atoms with Crippen molar-refractivity contribution in [3.05, 3.63) is 61.8 Å². The van der Waals surface area contributed by atoms with Gasteiger partial charge in [0.15, 0.2) is 5.43 Å². The van der Waals surface area contributed by atoms with E-state index in [2.05, 4.69) is 4.98 Å².